The minimum Gasteiger partial charge on any atom is -0.480 e. The Bertz CT molecular complexity index is 3750. The van der Waals surface area contributed by atoms with Gasteiger partial charge in [-0.15, -0.1) is 0 Å². The summed E-state index contributed by atoms with van der Waals surface area (Å²) in [6.07, 6.45) is 13.7. The summed E-state index contributed by atoms with van der Waals surface area (Å²) in [6, 6.07) is 31.6. The smallest absolute Gasteiger partial charge is 0.411 e. The standard InChI is InChI=1S/C20H20BrP.C18H35NO3Si.C16H31NO4Si.C12H21NO4.C12H23NO3.C12H21NO3.2C4H8O/c1-2-22(21,18-12-6-3-7-13-18,19-14-8-4-9-15-19)20-16-10-5-11-17-20;1-10-14-11-15(13-21-23(8,9)18(5,6)7)19(12-14)16(20)22-17(2,3)4;1-15(2,3)21-14(19)17-10-13(18)9-12(17)11-20-22(7,8)16(4,5)6;1-5-8-6-9(10(14)15)13(7-8)11(16)17-12(2,3)4;2*1-5-9-6-10(8-14)13(7-9)11(15)16-12(2,3)4;2*1-2-4-5-3-1/h3-17H,2H2,1H3;10,15H,11-13H2,1-9H3;12H,9-11H2,1-8H3;8-9H,5-7H2,1-4H3,(H,14,15);9-10,14H,5-8H2,1-4H3;5,10,14H,6-8H2,1-4H3;2*1-4H2/b;14-10+;;;;9-5+;;/t;15-;12-;8-,9+;9-,10+;10-;;/m.00110../s1. The van der Waals surface area contributed by atoms with Crippen LogP contribution in [-0.2, 0) is 51.6 Å². The second-order valence-electron chi connectivity index (χ2n) is 41.8. The third-order valence-electron chi connectivity index (χ3n) is 23.6. The monoisotopic (exact) mass is 1880 g/mol. The van der Waals surface area contributed by atoms with Crippen LogP contribution in [0.3, 0.4) is 0 Å². The van der Waals surface area contributed by atoms with E-state index in [2.05, 4.69) is 194 Å². The van der Waals surface area contributed by atoms with Crippen molar-refractivity contribution in [2.75, 3.05) is 91.7 Å². The van der Waals surface area contributed by atoms with Crippen molar-refractivity contribution in [3.63, 3.8) is 0 Å². The largest absolute Gasteiger partial charge is 0.480 e. The number of carbonyl (C=O) groups is 7. The molecule has 718 valence electrons. The number of nitrogens with zero attached hydrogens (tertiary/aromatic N) is 5. The number of halogens is 1. The van der Waals surface area contributed by atoms with Crippen LogP contribution in [0.5, 0.6) is 0 Å². The first-order chi connectivity index (χ1) is 58.2. The van der Waals surface area contributed by atoms with Gasteiger partial charge in [0.15, 0.2) is 22.4 Å². The Kier molecular flexibility index (Phi) is 45.5. The molecule has 7 aliphatic heterocycles. The van der Waals surface area contributed by atoms with Crippen LogP contribution < -0.4 is 15.9 Å². The van der Waals surface area contributed by atoms with Gasteiger partial charge in [-0.05, 0) is 217 Å². The molecule has 3 aromatic rings. The number of ether oxygens (including phenoxy) is 7. The molecule has 10 rings (SSSR count). The van der Waals surface area contributed by atoms with E-state index in [1.54, 1.807) is 30.6 Å². The van der Waals surface area contributed by atoms with Crippen molar-refractivity contribution in [1.82, 2.24) is 24.5 Å². The molecular weight excluding hydrogens is 1720 g/mol. The summed E-state index contributed by atoms with van der Waals surface area (Å²) >= 11 is 4.35. The molecule has 28 heteroatoms. The molecule has 24 nitrogen and oxygen atoms in total. The maximum atomic E-state index is 12.5. The maximum absolute atomic E-state index is 12.5. The number of aliphatic carboxylic acids is 1. The van der Waals surface area contributed by atoms with Crippen LogP contribution in [-0.4, -0.2) is 249 Å². The molecule has 7 fully saturated rings. The summed E-state index contributed by atoms with van der Waals surface area (Å²) < 4.78 is 49.2. The number of Topliss-reactive ketones (excluding diaryl/α,β-unsaturated/α-hetero) is 1. The van der Waals surface area contributed by atoms with E-state index in [0.29, 0.717) is 58.2 Å². The van der Waals surface area contributed by atoms with Crippen LogP contribution in [0.25, 0.3) is 0 Å². The molecule has 126 heavy (non-hydrogen) atoms. The van der Waals surface area contributed by atoms with E-state index in [9.17, 15) is 43.8 Å². The van der Waals surface area contributed by atoms with Gasteiger partial charge in [0.25, 0.3) is 0 Å². The number of carboxylic acids is 1. The second-order valence-corrected chi connectivity index (χ2v) is 60.6. The van der Waals surface area contributed by atoms with Gasteiger partial charge in [-0.2, -0.15) is 0 Å². The van der Waals surface area contributed by atoms with E-state index in [4.69, 9.17) is 47.1 Å². The third kappa shape index (κ3) is 37.5. The molecule has 0 spiro atoms. The van der Waals surface area contributed by atoms with Crippen molar-refractivity contribution >= 4 is 95.6 Å². The Morgan fingerprint density at radius 3 is 1.02 bits per heavy atom. The normalized spacial score (nSPS) is 21.5. The number of carboxylic acid groups (broad SMARTS) is 1. The fourth-order valence-corrected chi connectivity index (χ4v) is 22.7. The van der Waals surface area contributed by atoms with Crippen molar-refractivity contribution in [3.05, 3.63) is 114 Å². The molecule has 7 heterocycles. The molecule has 7 saturated heterocycles. The van der Waals surface area contributed by atoms with Crippen LogP contribution in [0.1, 0.15) is 251 Å². The number of carbonyl (C=O) groups excluding carboxylic acids is 6. The van der Waals surface area contributed by atoms with Crippen molar-refractivity contribution < 1.29 is 90.9 Å². The number of rotatable bonds is 15. The Morgan fingerprint density at radius 2 is 0.730 bits per heavy atom. The molecule has 7 atom stereocenters. The Hall–Kier alpha value is -6.27. The fourth-order valence-electron chi connectivity index (χ4n) is 14.2. The number of ketones is 1. The van der Waals surface area contributed by atoms with Gasteiger partial charge >= 0.3 is 177 Å². The molecule has 0 radical (unpaired) electrons. The molecule has 3 N–H and O–H groups in total. The van der Waals surface area contributed by atoms with Crippen molar-refractivity contribution in [2.24, 2.45) is 11.8 Å². The molecule has 0 aromatic heterocycles. The summed E-state index contributed by atoms with van der Waals surface area (Å²) in [5, 5.41) is 29.4. The molecule has 5 amide bonds. The molecule has 3 aromatic carbocycles. The van der Waals surface area contributed by atoms with E-state index >= 15 is 0 Å². The molecule has 0 unspecified atom stereocenters. The minimum atomic E-state index is -2.59. The van der Waals surface area contributed by atoms with Crippen LogP contribution in [0, 0.1) is 11.8 Å². The van der Waals surface area contributed by atoms with Crippen LogP contribution in [0.15, 0.2) is 114 Å². The van der Waals surface area contributed by atoms with Gasteiger partial charge in [0, 0.05) is 59.0 Å². The molecule has 0 aliphatic carbocycles. The minimum absolute atomic E-state index is 0.0173. The number of hydrogen-bond donors (Lipinski definition) is 3. The summed E-state index contributed by atoms with van der Waals surface area (Å²) in [5.41, 5.74) is -0.139. The van der Waals surface area contributed by atoms with E-state index in [-0.39, 0.29) is 84.0 Å². The topological polar surface area (TPSA) is 279 Å². The number of aliphatic hydroxyl groups excluding tert-OH is 2. The van der Waals surface area contributed by atoms with Gasteiger partial charge in [-0.25, -0.2) is 28.8 Å². The zero-order valence-electron chi connectivity index (χ0n) is 83.0. The molecule has 7 aliphatic rings. The van der Waals surface area contributed by atoms with Gasteiger partial charge in [0.05, 0.1) is 57.1 Å². The number of aliphatic hydroxyl groups is 2. The molecular formula is C98H167BrN5O19PSi2. The van der Waals surface area contributed by atoms with Crippen molar-refractivity contribution in [1.29, 1.82) is 0 Å². The Morgan fingerprint density at radius 1 is 0.437 bits per heavy atom. The van der Waals surface area contributed by atoms with Crippen molar-refractivity contribution in [3.8, 4) is 0 Å². The second kappa shape index (κ2) is 50.4. The first kappa shape index (κ1) is 114. The number of allylic oxidation sites excluding steroid dienone is 2. The van der Waals surface area contributed by atoms with E-state index in [1.165, 1.54) is 62.5 Å². The van der Waals surface area contributed by atoms with Gasteiger partial charge in [-0.3, -0.25) is 24.4 Å². The zero-order chi connectivity index (χ0) is 95.9. The first-order valence-electron chi connectivity index (χ1n) is 45.7. The van der Waals surface area contributed by atoms with Gasteiger partial charge in [0.1, 0.15) is 34.0 Å². The zero-order valence-corrected chi connectivity index (χ0v) is 87.4. The van der Waals surface area contributed by atoms with Gasteiger partial charge in [-0.1, -0.05) is 91.5 Å². The van der Waals surface area contributed by atoms with E-state index in [0.717, 1.165) is 64.7 Å². The predicted molar refractivity (Wildman–Crippen MR) is 520 cm³/mol. The average molecular weight is 1890 g/mol. The fraction of sp³-hybridized carbons (Fsp3) is 0.704. The summed E-state index contributed by atoms with van der Waals surface area (Å²) in [4.78, 5) is 91.1. The molecule has 0 bridgehead atoms. The SMILES string of the molecule is C/C=C1\C[C@@H](CO)N(C(=O)OC(C)(C)C)C1.C/C=C1\C[C@@H](CO[Si](C)(C)C(C)(C)C)N(C(=O)OC(C)(C)C)C1.C1CCOC1.C1CCOC1.CC(C)(C)OC(=O)N1CC(=O)C[C@H]1CO[Si](C)(C)C(C)(C)C.CCP(Br)(c1ccccc1)(c1ccccc1)c1ccccc1.CC[C@@H]1C[C@@H](C(=O)O)N(C(=O)OC(C)(C)C)C1.CC[C@@H]1C[C@@H](CO)N(C(=O)OC(C)(C)C)C1. The number of benzene rings is 3. The summed E-state index contributed by atoms with van der Waals surface area (Å²) in [5.74, 6) is -0.144. The van der Waals surface area contributed by atoms with Crippen molar-refractivity contribution in [2.45, 2.75) is 345 Å². The summed E-state index contributed by atoms with van der Waals surface area (Å²) in [6.45, 7) is 67.5. The first-order valence-corrected chi connectivity index (χ1v) is 56.0. The van der Waals surface area contributed by atoms with Crippen LogP contribution in [0.2, 0.25) is 36.3 Å². The number of likely N-dealkylation sites (tertiary alicyclic amines) is 5. The average Bonchev–Trinajstić information content (AvgIpc) is 1.34. The summed E-state index contributed by atoms with van der Waals surface area (Å²) in [7, 11) is -3.71. The quantitative estimate of drug-likeness (QED) is 0.0552. The van der Waals surface area contributed by atoms with Gasteiger partial charge < -0.3 is 62.2 Å². The van der Waals surface area contributed by atoms with E-state index in [1.807, 2.05) is 115 Å². The number of amides is 5. The maximum Gasteiger partial charge on any atom is 0.411 e. The predicted octanol–water partition coefficient (Wildman–Crippen LogP) is 21.0. The van der Waals surface area contributed by atoms with E-state index < -0.39 is 74.1 Å². The third-order valence-corrected chi connectivity index (χ3v) is 43.1. The Balaban J connectivity index is 0.000000382. The molecule has 0 saturated carbocycles. The van der Waals surface area contributed by atoms with Crippen LogP contribution in [0.4, 0.5) is 24.0 Å². The van der Waals surface area contributed by atoms with Crippen LogP contribution >= 0.6 is 20.8 Å². The van der Waals surface area contributed by atoms with Gasteiger partial charge in [0.2, 0.25) is 0 Å². The Labute approximate surface area is 769 Å². The number of hydrogen-bond acceptors (Lipinski definition) is 18.